The molecular weight excluding hydrogens is 238 g/mol. The molecule has 1 atom stereocenters. The van der Waals surface area contributed by atoms with Gasteiger partial charge in [-0.2, -0.15) is 5.10 Å². The Balaban J connectivity index is 2.18. The Bertz CT molecular complexity index is 558. The maximum absolute atomic E-state index is 10.4. The van der Waals surface area contributed by atoms with Gasteiger partial charge in [0.1, 0.15) is 0 Å². The fourth-order valence-electron chi connectivity index (χ4n) is 2.36. The highest BCUT2D eigenvalue weighted by atomic mass is 16.3. The zero-order valence-electron chi connectivity index (χ0n) is 12.0. The van der Waals surface area contributed by atoms with Gasteiger partial charge in [-0.15, -0.1) is 0 Å². The summed E-state index contributed by atoms with van der Waals surface area (Å²) in [5.41, 5.74) is 4.94. The van der Waals surface area contributed by atoms with Crippen LogP contribution in [0.2, 0.25) is 0 Å². The van der Waals surface area contributed by atoms with Gasteiger partial charge in [0, 0.05) is 36.6 Å². The van der Waals surface area contributed by atoms with E-state index < -0.39 is 6.10 Å². The first-order valence-electron chi connectivity index (χ1n) is 6.64. The fraction of sp³-hybridized carbons (Fsp3) is 0.467. The van der Waals surface area contributed by atoms with Crippen molar-refractivity contribution in [3.63, 3.8) is 0 Å². The Hall–Kier alpha value is -1.68. The van der Waals surface area contributed by atoms with Crippen molar-refractivity contribution in [1.82, 2.24) is 14.8 Å². The SMILES string of the molecule is CCc1ccc(CC(O)c2c(C)nn(C)c2C)nc1. The predicted molar refractivity (Wildman–Crippen MR) is 75.0 cm³/mol. The number of aromatic nitrogens is 3. The van der Waals surface area contributed by atoms with Gasteiger partial charge >= 0.3 is 0 Å². The molecule has 0 spiro atoms. The van der Waals surface area contributed by atoms with Crippen molar-refractivity contribution in [2.45, 2.75) is 39.7 Å². The van der Waals surface area contributed by atoms with E-state index in [4.69, 9.17) is 0 Å². The van der Waals surface area contributed by atoms with Crippen molar-refractivity contribution in [2.75, 3.05) is 0 Å². The van der Waals surface area contributed by atoms with E-state index in [1.165, 1.54) is 5.56 Å². The van der Waals surface area contributed by atoms with Crippen molar-refractivity contribution in [3.05, 3.63) is 46.5 Å². The molecule has 1 unspecified atom stereocenters. The Morgan fingerprint density at radius 2 is 2.05 bits per heavy atom. The molecule has 1 N–H and O–H groups in total. The molecule has 102 valence electrons. The highest BCUT2D eigenvalue weighted by Gasteiger charge is 2.18. The summed E-state index contributed by atoms with van der Waals surface area (Å²) in [6.45, 7) is 6.01. The molecule has 19 heavy (non-hydrogen) atoms. The Labute approximate surface area is 114 Å². The third-order valence-electron chi connectivity index (χ3n) is 3.59. The minimum Gasteiger partial charge on any atom is -0.388 e. The molecule has 0 amide bonds. The van der Waals surface area contributed by atoms with Crippen LogP contribution < -0.4 is 0 Å². The van der Waals surface area contributed by atoms with E-state index in [0.29, 0.717) is 6.42 Å². The summed E-state index contributed by atoms with van der Waals surface area (Å²) < 4.78 is 1.81. The van der Waals surface area contributed by atoms with Gasteiger partial charge in [-0.1, -0.05) is 13.0 Å². The van der Waals surface area contributed by atoms with Crippen LogP contribution in [0.1, 0.15) is 41.2 Å². The summed E-state index contributed by atoms with van der Waals surface area (Å²) >= 11 is 0. The quantitative estimate of drug-likeness (QED) is 0.916. The molecule has 0 aliphatic rings. The molecule has 0 fully saturated rings. The number of aliphatic hydroxyl groups excluding tert-OH is 1. The van der Waals surface area contributed by atoms with Gasteiger partial charge < -0.3 is 5.11 Å². The van der Waals surface area contributed by atoms with E-state index in [0.717, 1.165) is 29.1 Å². The molecule has 0 aromatic carbocycles. The van der Waals surface area contributed by atoms with Crippen molar-refractivity contribution in [3.8, 4) is 0 Å². The van der Waals surface area contributed by atoms with Crippen LogP contribution in [0.5, 0.6) is 0 Å². The molecule has 2 aromatic rings. The first-order chi connectivity index (χ1) is 9.02. The fourth-order valence-corrected chi connectivity index (χ4v) is 2.36. The largest absolute Gasteiger partial charge is 0.388 e. The van der Waals surface area contributed by atoms with Crippen LogP contribution in [0.4, 0.5) is 0 Å². The van der Waals surface area contributed by atoms with Crippen molar-refractivity contribution in [2.24, 2.45) is 7.05 Å². The number of pyridine rings is 1. The van der Waals surface area contributed by atoms with Crippen LogP contribution in [0.25, 0.3) is 0 Å². The first-order valence-corrected chi connectivity index (χ1v) is 6.64. The van der Waals surface area contributed by atoms with Gasteiger partial charge in [-0.3, -0.25) is 9.67 Å². The van der Waals surface area contributed by atoms with Crippen LogP contribution in [-0.2, 0) is 19.9 Å². The zero-order valence-corrected chi connectivity index (χ0v) is 12.0. The highest BCUT2D eigenvalue weighted by molar-refractivity contribution is 5.28. The van der Waals surface area contributed by atoms with Crippen LogP contribution in [0.3, 0.4) is 0 Å². The molecular formula is C15H21N3O. The maximum atomic E-state index is 10.4. The Morgan fingerprint density at radius 3 is 2.53 bits per heavy atom. The van der Waals surface area contributed by atoms with Gasteiger partial charge in [0.25, 0.3) is 0 Å². The van der Waals surface area contributed by atoms with Gasteiger partial charge in [-0.25, -0.2) is 0 Å². The van der Waals surface area contributed by atoms with Crippen molar-refractivity contribution >= 4 is 0 Å². The van der Waals surface area contributed by atoms with Gasteiger partial charge in [0.2, 0.25) is 0 Å². The normalized spacial score (nSPS) is 12.7. The highest BCUT2D eigenvalue weighted by Crippen LogP contribution is 2.23. The number of rotatable bonds is 4. The second-order valence-corrected chi connectivity index (χ2v) is 4.94. The number of nitrogens with zero attached hydrogens (tertiary/aromatic N) is 3. The topological polar surface area (TPSA) is 50.9 Å². The number of aryl methyl sites for hydroxylation is 3. The first kappa shape index (κ1) is 13.7. The number of hydrogen-bond donors (Lipinski definition) is 1. The summed E-state index contributed by atoms with van der Waals surface area (Å²) in [7, 11) is 1.90. The van der Waals surface area contributed by atoms with Crippen LogP contribution >= 0.6 is 0 Å². The third-order valence-corrected chi connectivity index (χ3v) is 3.59. The van der Waals surface area contributed by atoms with Gasteiger partial charge in [0.15, 0.2) is 0 Å². The smallest absolute Gasteiger partial charge is 0.0881 e. The summed E-state index contributed by atoms with van der Waals surface area (Å²) in [5, 5.41) is 14.7. The maximum Gasteiger partial charge on any atom is 0.0881 e. The molecule has 0 saturated heterocycles. The van der Waals surface area contributed by atoms with E-state index in [1.807, 2.05) is 37.8 Å². The molecule has 2 aromatic heterocycles. The molecule has 0 radical (unpaired) electrons. The molecule has 0 saturated carbocycles. The minimum atomic E-state index is -0.548. The number of aliphatic hydroxyl groups is 1. The summed E-state index contributed by atoms with van der Waals surface area (Å²) in [6.07, 6.45) is 2.84. The lowest BCUT2D eigenvalue weighted by molar-refractivity contribution is 0.175. The Morgan fingerprint density at radius 1 is 1.32 bits per heavy atom. The summed E-state index contributed by atoms with van der Waals surface area (Å²) in [5.74, 6) is 0. The van der Waals surface area contributed by atoms with Gasteiger partial charge in [0.05, 0.1) is 11.8 Å². The predicted octanol–water partition coefficient (Wildman–Crippen LogP) is 2.27. The van der Waals surface area contributed by atoms with Crippen molar-refractivity contribution in [1.29, 1.82) is 0 Å². The second-order valence-electron chi connectivity index (χ2n) is 4.94. The van der Waals surface area contributed by atoms with E-state index in [2.05, 4.69) is 23.1 Å². The zero-order chi connectivity index (χ0) is 14.0. The molecule has 2 heterocycles. The lowest BCUT2D eigenvalue weighted by Gasteiger charge is -2.11. The monoisotopic (exact) mass is 259 g/mol. The van der Waals surface area contributed by atoms with E-state index in [-0.39, 0.29) is 0 Å². The second kappa shape index (κ2) is 5.53. The average Bonchev–Trinajstić information content (AvgIpc) is 2.64. The molecule has 0 aliphatic carbocycles. The lowest BCUT2D eigenvalue weighted by Crippen LogP contribution is -2.06. The summed E-state index contributed by atoms with van der Waals surface area (Å²) in [4.78, 5) is 4.39. The molecule has 4 heteroatoms. The lowest BCUT2D eigenvalue weighted by atomic mass is 10.0. The number of hydrogen-bond acceptors (Lipinski definition) is 3. The van der Waals surface area contributed by atoms with Crippen LogP contribution in [0.15, 0.2) is 18.3 Å². The van der Waals surface area contributed by atoms with Crippen molar-refractivity contribution < 1.29 is 5.11 Å². The van der Waals surface area contributed by atoms with Gasteiger partial charge in [-0.05, 0) is 31.9 Å². The summed E-state index contributed by atoms with van der Waals surface area (Å²) in [6, 6.07) is 4.06. The van der Waals surface area contributed by atoms with E-state index >= 15 is 0 Å². The standard InChI is InChI=1S/C15H21N3O/c1-5-12-6-7-13(16-9-12)8-14(19)15-10(2)17-18(4)11(15)3/h6-7,9,14,19H,5,8H2,1-4H3. The molecule has 0 aliphatic heterocycles. The molecule has 2 rings (SSSR count). The molecule has 0 bridgehead atoms. The average molecular weight is 259 g/mol. The van der Waals surface area contributed by atoms with Crippen LogP contribution in [-0.4, -0.2) is 19.9 Å². The third kappa shape index (κ3) is 2.84. The van der Waals surface area contributed by atoms with E-state index in [9.17, 15) is 5.11 Å². The Kier molecular flexibility index (Phi) is 4.00. The van der Waals surface area contributed by atoms with E-state index in [1.54, 1.807) is 0 Å². The minimum absolute atomic E-state index is 0.525. The molecule has 4 nitrogen and oxygen atoms in total. The van der Waals surface area contributed by atoms with Crippen LogP contribution in [0, 0.1) is 13.8 Å².